The van der Waals surface area contributed by atoms with Crippen LogP contribution in [0.25, 0.3) is 0 Å². The van der Waals surface area contributed by atoms with Crippen molar-refractivity contribution in [2.45, 2.75) is 20.3 Å². The minimum atomic E-state index is -0.417. The molecule has 0 atom stereocenters. The lowest BCUT2D eigenvalue weighted by Crippen LogP contribution is -2.20. The van der Waals surface area contributed by atoms with E-state index in [1.807, 2.05) is 6.07 Å². The molecule has 0 unspecified atom stereocenters. The van der Waals surface area contributed by atoms with Gasteiger partial charge in [-0.25, -0.2) is 5.43 Å². The van der Waals surface area contributed by atoms with Crippen LogP contribution in [0.1, 0.15) is 41.0 Å². The van der Waals surface area contributed by atoms with Crippen molar-refractivity contribution in [3.05, 3.63) is 65.7 Å². The fraction of sp³-hybridized carbons (Fsp3) is 0.200. The molecule has 2 aromatic rings. The molecule has 140 valence electrons. The molecule has 2 amide bonds. The van der Waals surface area contributed by atoms with E-state index in [2.05, 4.69) is 15.8 Å². The van der Waals surface area contributed by atoms with Gasteiger partial charge in [-0.2, -0.15) is 5.10 Å². The summed E-state index contributed by atoms with van der Waals surface area (Å²) in [6, 6.07) is 15.2. The maximum atomic E-state index is 12.1. The smallest absolute Gasteiger partial charge is 0.311 e. The topological polar surface area (TPSA) is 96.9 Å². The van der Waals surface area contributed by atoms with E-state index in [0.717, 1.165) is 0 Å². The number of carbonyl (C=O) groups excluding carboxylic acids is 3. The zero-order valence-electron chi connectivity index (χ0n) is 15.2. The first-order valence-corrected chi connectivity index (χ1v) is 8.45. The Morgan fingerprint density at radius 2 is 1.56 bits per heavy atom. The number of rotatable bonds is 7. The maximum absolute atomic E-state index is 12.1. The number of esters is 1. The molecular weight excluding hydrogens is 346 g/mol. The highest BCUT2D eigenvalue weighted by molar-refractivity contribution is 6.04. The first-order valence-electron chi connectivity index (χ1n) is 8.45. The largest absolute Gasteiger partial charge is 0.466 e. The Morgan fingerprint density at radius 3 is 2.19 bits per heavy atom. The van der Waals surface area contributed by atoms with E-state index in [-0.39, 0.29) is 12.3 Å². The number of benzene rings is 2. The number of hydrogen-bond donors (Lipinski definition) is 2. The van der Waals surface area contributed by atoms with Crippen molar-refractivity contribution in [2.75, 3.05) is 11.9 Å². The Labute approximate surface area is 157 Å². The molecule has 0 heterocycles. The van der Waals surface area contributed by atoms with Crippen LogP contribution in [0.4, 0.5) is 5.69 Å². The van der Waals surface area contributed by atoms with Crippen molar-refractivity contribution in [2.24, 2.45) is 5.10 Å². The third-order valence-electron chi connectivity index (χ3n) is 3.49. The number of carbonyl (C=O) groups is 3. The number of ether oxygens (including phenoxy) is 1. The van der Waals surface area contributed by atoms with Gasteiger partial charge in [-0.15, -0.1) is 0 Å². The molecule has 0 aliphatic rings. The van der Waals surface area contributed by atoms with Crippen LogP contribution in [0.15, 0.2) is 59.7 Å². The predicted molar refractivity (Wildman–Crippen MR) is 103 cm³/mol. The Hall–Kier alpha value is -3.48. The van der Waals surface area contributed by atoms with Crippen LogP contribution in [-0.2, 0) is 9.53 Å². The first kappa shape index (κ1) is 19.8. The second kappa shape index (κ2) is 9.86. The second-order valence-corrected chi connectivity index (χ2v) is 5.67. The van der Waals surface area contributed by atoms with E-state index in [1.165, 1.54) is 0 Å². The highest BCUT2D eigenvalue weighted by atomic mass is 16.5. The SMILES string of the molecule is CCOC(=O)C/C(C)=N/NC(=O)c1ccc(NC(=O)c2ccccc2)cc1. The third-order valence-corrected chi connectivity index (χ3v) is 3.49. The molecule has 0 aromatic heterocycles. The fourth-order valence-corrected chi connectivity index (χ4v) is 2.17. The zero-order chi connectivity index (χ0) is 19.6. The minimum absolute atomic E-state index is 0.0125. The molecule has 0 aliphatic heterocycles. The van der Waals surface area contributed by atoms with E-state index < -0.39 is 11.9 Å². The van der Waals surface area contributed by atoms with Crippen LogP contribution in [0.3, 0.4) is 0 Å². The number of nitrogens with one attached hydrogen (secondary N) is 2. The Bertz CT molecular complexity index is 830. The Kier molecular flexibility index (Phi) is 7.25. The van der Waals surface area contributed by atoms with Crippen molar-refractivity contribution >= 4 is 29.2 Å². The summed E-state index contributed by atoms with van der Waals surface area (Å²) in [6.07, 6.45) is 0.0125. The molecular formula is C20H21N3O4. The number of hydrazone groups is 1. The lowest BCUT2D eigenvalue weighted by atomic mass is 10.1. The number of anilines is 1. The monoisotopic (exact) mass is 367 g/mol. The maximum Gasteiger partial charge on any atom is 0.311 e. The van der Waals surface area contributed by atoms with E-state index >= 15 is 0 Å². The number of hydrogen-bond acceptors (Lipinski definition) is 5. The van der Waals surface area contributed by atoms with Gasteiger partial charge < -0.3 is 10.1 Å². The number of nitrogens with zero attached hydrogens (tertiary/aromatic N) is 1. The van der Waals surface area contributed by atoms with Crippen molar-refractivity contribution in [3.8, 4) is 0 Å². The third kappa shape index (κ3) is 6.39. The van der Waals surface area contributed by atoms with Gasteiger partial charge in [0.1, 0.15) is 0 Å². The molecule has 27 heavy (non-hydrogen) atoms. The highest BCUT2D eigenvalue weighted by Gasteiger charge is 2.09. The van der Waals surface area contributed by atoms with Crippen LogP contribution in [0.2, 0.25) is 0 Å². The summed E-state index contributed by atoms with van der Waals surface area (Å²) < 4.78 is 4.81. The normalized spacial score (nSPS) is 10.8. The highest BCUT2D eigenvalue weighted by Crippen LogP contribution is 2.11. The van der Waals surface area contributed by atoms with Crippen molar-refractivity contribution < 1.29 is 19.1 Å². The van der Waals surface area contributed by atoms with Gasteiger partial charge >= 0.3 is 5.97 Å². The lowest BCUT2D eigenvalue weighted by molar-refractivity contribution is -0.141. The first-order chi connectivity index (χ1) is 13.0. The molecule has 0 saturated heterocycles. The molecule has 0 bridgehead atoms. The lowest BCUT2D eigenvalue weighted by Gasteiger charge is -2.07. The zero-order valence-corrected chi connectivity index (χ0v) is 15.2. The van der Waals surface area contributed by atoms with Gasteiger partial charge in [0.05, 0.1) is 13.0 Å². The van der Waals surface area contributed by atoms with Gasteiger partial charge in [-0.3, -0.25) is 14.4 Å². The van der Waals surface area contributed by atoms with Crippen molar-refractivity contribution in [1.82, 2.24) is 5.43 Å². The molecule has 7 heteroatoms. The quantitative estimate of drug-likeness (QED) is 0.447. The number of amides is 2. The average molecular weight is 367 g/mol. The fourth-order valence-electron chi connectivity index (χ4n) is 2.17. The van der Waals surface area contributed by atoms with Crippen LogP contribution >= 0.6 is 0 Å². The van der Waals surface area contributed by atoms with Gasteiger partial charge in [0.25, 0.3) is 11.8 Å². The van der Waals surface area contributed by atoms with E-state index in [9.17, 15) is 14.4 Å². The Morgan fingerprint density at radius 1 is 0.926 bits per heavy atom. The molecule has 0 spiro atoms. The summed E-state index contributed by atoms with van der Waals surface area (Å²) >= 11 is 0. The van der Waals surface area contributed by atoms with Gasteiger partial charge in [0.15, 0.2) is 0 Å². The molecule has 0 radical (unpaired) electrons. The van der Waals surface area contributed by atoms with Crippen LogP contribution < -0.4 is 10.7 Å². The second-order valence-electron chi connectivity index (χ2n) is 5.67. The molecule has 2 aromatic carbocycles. The molecule has 0 saturated carbocycles. The van der Waals surface area contributed by atoms with Gasteiger partial charge in [0, 0.05) is 22.5 Å². The molecule has 2 N–H and O–H groups in total. The summed E-state index contributed by atoms with van der Waals surface area (Å²) in [6.45, 7) is 3.64. The van der Waals surface area contributed by atoms with E-state index in [4.69, 9.17) is 4.74 Å². The Balaban J connectivity index is 1.91. The van der Waals surface area contributed by atoms with Gasteiger partial charge in [-0.1, -0.05) is 18.2 Å². The summed E-state index contributed by atoms with van der Waals surface area (Å²) in [5.41, 5.74) is 4.32. The molecule has 0 aliphatic carbocycles. The summed E-state index contributed by atoms with van der Waals surface area (Å²) in [5.74, 6) is -1.04. The van der Waals surface area contributed by atoms with Crippen LogP contribution in [-0.4, -0.2) is 30.1 Å². The van der Waals surface area contributed by atoms with Crippen molar-refractivity contribution in [3.63, 3.8) is 0 Å². The molecule has 7 nitrogen and oxygen atoms in total. The van der Waals surface area contributed by atoms with Gasteiger partial charge in [-0.05, 0) is 50.2 Å². The van der Waals surface area contributed by atoms with Crippen LogP contribution in [0.5, 0.6) is 0 Å². The average Bonchev–Trinajstić information content (AvgIpc) is 2.67. The summed E-state index contributed by atoms with van der Waals surface area (Å²) in [5, 5.41) is 6.64. The standard InChI is InChI=1S/C20H21N3O4/c1-3-27-18(24)13-14(2)22-23-20(26)16-9-11-17(12-10-16)21-19(25)15-7-5-4-6-8-15/h4-12H,3,13H2,1-2H3,(H,21,25)(H,23,26)/b22-14+. The van der Waals surface area contributed by atoms with Crippen LogP contribution in [0, 0.1) is 0 Å². The van der Waals surface area contributed by atoms with E-state index in [0.29, 0.717) is 29.1 Å². The summed E-state index contributed by atoms with van der Waals surface area (Å²) in [7, 11) is 0. The summed E-state index contributed by atoms with van der Waals surface area (Å²) in [4.78, 5) is 35.5. The minimum Gasteiger partial charge on any atom is -0.466 e. The molecule has 2 rings (SSSR count). The predicted octanol–water partition coefficient (Wildman–Crippen LogP) is 3.00. The van der Waals surface area contributed by atoms with E-state index in [1.54, 1.807) is 62.4 Å². The molecule has 0 fully saturated rings. The van der Waals surface area contributed by atoms with Gasteiger partial charge in [0.2, 0.25) is 0 Å². The van der Waals surface area contributed by atoms with Crippen molar-refractivity contribution in [1.29, 1.82) is 0 Å².